The highest BCUT2D eigenvalue weighted by atomic mass is 16.5. The average Bonchev–Trinajstić information content (AvgIpc) is 2.56. The molecule has 0 spiro atoms. The highest BCUT2D eigenvalue weighted by Gasteiger charge is 2.22. The lowest BCUT2D eigenvalue weighted by Gasteiger charge is -2.33. The first-order chi connectivity index (χ1) is 11.3. The number of nitrogens with zero attached hydrogens (tertiary/aromatic N) is 4. The van der Waals surface area contributed by atoms with Gasteiger partial charge in [0.05, 0.1) is 6.61 Å². The zero-order chi connectivity index (χ0) is 16.1. The molecule has 3 heterocycles. The monoisotopic (exact) mass is 316 g/mol. The Bertz CT molecular complexity index is 704. The van der Waals surface area contributed by atoms with Crippen molar-refractivity contribution in [3.05, 3.63) is 35.1 Å². The van der Waals surface area contributed by atoms with Crippen LogP contribution in [0.15, 0.2) is 29.6 Å². The molecule has 8 nitrogen and oxygen atoms in total. The SMILES string of the molecule is CCOc1cc(N[C@@H]2CCCN(c3ncc[nH]c3=O)C2)ncn1. The fourth-order valence-electron chi connectivity index (χ4n) is 2.71. The molecule has 1 saturated heterocycles. The molecule has 2 aromatic heterocycles. The normalized spacial score (nSPS) is 17.8. The van der Waals surface area contributed by atoms with E-state index in [4.69, 9.17) is 4.74 Å². The summed E-state index contributed by atoms with van der Waals surface area (Å²) < 4.78 is 5.38. The Labute approximate surface area is 134 Å². The highest BCUT2D eigenvalue weighted by Crippen LogP contribution is 2.18. The van der Waals surface area contributed by atoms with Crippen LogP contribution in [0.2, 0.25) is 0 Å². The summed E-state index contributed by atoms with van der Waals surface area (Å²) in [4.78, 5) is 29.0. The number of nitrogens with one attached hydrogen (secondary N) is 2. The molecule has 2 aromatic rings. The fraction of sp³-hybridized carbons (Fsp3) is 0.467. The van der Waals surface area contributed by atoms with Crippen LogP contribution in [0.1, 0.15) is 19.8 Å². The minimum atomic E-state index is -0.159. The summed E-state index contributed by atoms with van der Waals surface area (Å²) in [6.45, 7) is 4.01. The van der Waals surface area contributed by atoms with E-state index in [2.05, 4.69) is 25.3 Å². The third-order valence-electron chi connectivity index (χ3n) is 3.70. The van der Waals surface area contributed by atoms with Crippen molar-refractivity contribution in [2.45, 2.75) is 25.8 Å². The van der Waals surface area contributed by atoms with Gasteiger partial charge >= 0.3 is 0 Å². The van der Waals surface area contributed by atoms with E-state index in [1.807, 2.05) is 11.8 Å². The summed E-state index contributed by atoms with van der Waals surface area (Å²) in [5, 5.41) is 3.39. The van der Waals surface area contributed by atoms with Crippen molar-refractivity contribution >= 4 is 11.6 Å². The van der Waals surface area contributed by atoms with Gasteiger partial charge in [-0.15, -0.1) is 0 Å². The smallest absolute Gasteiger partial charge is 0.290 e. The van der Waals surface area contributed by atoms with Gasteiger partial charge in [-0.05, 0) is 19.8 Å². The van der Waals surface area contributed by atoms with Crippen LogP contribution in [0.3, 0.4) is 0 Å². The van der Waals surface area contributed by atoms with Crippen LogP contribution < -0.4 is 20.5 Å². The topological polar surface area (TPSA) is 96.0 Å². The number of ether oxygens (including phenoxy) is 1. The number of H-pyrrole nitrogens is 1. The van der Waals surface area contributed by atoms with Crippen molar-refractivity contribution in [3.63, 3.8) is 0 Å². The van der Waals surface area contributed by atoms with Crippen LogP contribution in [0.25, 0.3) is 0 Å². The Morgan fingerprint density at radius 3 is 3.17 bits per heavy atom. The summed E-state index contributed by atoms with van der Waals surface area (Å²) in [6.07, 6.45) is 6.62. The van der Waals surface area contributed by atoms with E-state index in [0.717, 1.165) is 25.2 Å². The van der Waals surface area contributed by atoms with Crippen LogP contribution in [0, 0.1) is 0 Å². The zero-order valence-corrected chi connectivity index (χ0v) is 13.0. The minimum absolute atomic E-state index is 0.159. The van der Waals surface area contributed by atoms with Crippen LogP contribution in [-0.4, -0.2) is 45.7 Å². The molecule has 23 heavy (non-hydrogen) atoms. The Morgan fingerprint density at radius 2 is 2.35 bits per heavy atom. The Balaban J connectivity index is 1.68. The summed E-state index contributed by atoms with van der Waals surface area (Å²) in [6, 6.07) is 1.98. The van der Waals surface area contributed by atoms with Gasteiger partial charge in [-0.2, -0.15) is 0 Å². The number of rotatable bonds is 5. The average molecular weight is 316 g/mol. The molecule has 0 saturated carbocycles. The van der Waals surface area contributed by atoms with Gasteiger partial charge in [-0.25, -0.2) is 15.0 Å². The molecule has 1 fully saturated rings. The molecule has 8 heteroatoms. The maximum Gasteiger partial charge on any atom is 0.290 e. The molecule has 0 bridgehead atoms. The molecule has 1 aliphatic heterocycles. The Morgan fingerprint density at radius 1 is 1.43 bits per heavy atom. The Hall–Kier alpha value is -2.64. The summed E-state index contributed by atoms with van der Waals surface area (Å²) >= 11 is 0. The van der Waals surface area contributed by atoms with Crippen molar-refractivity contribution in [2.24, 2.45) is 0 Å². The maximum atomic E-state index is 11.9. The first-order valence-electron chi connectivity index (χ1n) is 7.76. The van der Waals surface area contributed by atoms with E-state index in [-0.39, 0.29) is 11.6 Å². The molecule has 0 radical (unpaired) electrons. The van der Waals surface area contributed by atoms with Crippen molar-refractivity contribution in [1.82, 2.24) is 19.9 Å². The second kappa shape index (κ2) is 7.08. The van der Waals surface area contributed by atoms with Gasteiger partial charge in [0.15, 0.2) is 5.82 Å². The zero-order valence-electron chi connectivity index (χ0n) is 13.0. The van der Waals surface area contributed by atoms with Gasteiger partial charge in [0.2, 0.25) is 5.88 Å². The molecule has 0 unspecified atom stereocenters. The van der Waals surface area contributed by atoms with Gasteiger partial charge < -0.3 is 19.9 Å². The molecule has 0 aromatic carbocycles. The second-order valence-corrected chi connectivity index (χ2v) is 5.35. The molecular formula is C15H20N6O2. The minimum Gasteiger partial charge on any atom is -0.478 e. The molecular weight excluding hydrogens is 296 g/mol. The lowest BCUT2D eigenvalue weighted by molar-refractivity contribution is 0.326. The van der Waals surface area contributed by atoms with Crippen LogP contribution in [0.5, 0.6) is 5.88 Å². The quantitative estimate of drug-likeness (QED) is 0.850. The number of hydrogen-bond acceptors (Lipinski definition) is 7. The van der Waals surface area contributed by atoms with Crippen LogP contribution >= 0.6 is 0 Å². The molecule has 2 N–H and O–H groups in total. The van der Waals surface area contributed by atoms with Gasteiger partial charge in [-0.1, -0.05) is 0 Å². The van der Waals surface area contributed by atoms with Crippen molar-refractivity contribution in [3.8, 4) is 5.88 Å². The largest absolute Gasteiger partial charge is 0.478 e. The Kier molecular flexibility index (Phi) is 4.70. The van der Waals surface area contributed by atoms with Crippen LogP contribution in [-0.2, 0) is 0 Å². The predicted octanol–water partition coefficient (Wildman–Crippen LogP) is 1.04. The first-order valence-corrected chi connectivity index (χ1v) is 7.76. The number of aromatic amines is 1. The molecule has 1 atom stereocenters. The summed E-state index contributed by atoms with van der Waals surface area (Å²) in [5.41, 5.74) is -0.159. The third-order valence-corrected chi connectivity index (χ3v) is 3.70. The maximum absolute atomic E-state index is 11.9. The van der Waals surface area contributed by atoms with E-state index >= 15 is 0 Å². The molecule has 3 rings (SSSR count). The van der Waals surface area contributed by atoms with Crippen LogP contribution in [0.4, 0.5) is 11.6 Å². The first kappa shape index (κ1) is 15.3. The van der Waals surface area contributed by atoms with E-state index in [0.29, 0.717) is 24.8 Å². The third kappa shape index (κ3) is 3.77. The predicted molar refractivity (Wildman–Crippen MR) is 86.9 cm³/mol. The van der Waals surface area contributed by atoms with E-state index in [1.165, 1.54) is 6.33 Å². The van der Waals surface area contributed by atoms with Crippen molar-refractivity contribution in [1.29, 1.82) is 0 Å². The summed E-state index contributed by atoms with van der Waals surface area (Å²) in [7, 11) is 0. The number of anilines is 2. The van der Waals surface area contributed by atoms with E-state index in [1.54, 1.807) is 18.5 Å². The van der Waals surface area contributed by atoms with Crippen molar-refractivity contribution in [2.75, 3.05) is 29.9 Å². The van der Waals surface area contributed by atoms with Gasteiger partial charge in [0.25, 0.3) is 5.56 Å². The second-order valence-electron chi connectivity index (χ2n) is 5.35. The fourth-order valence-corrected chi connectivity index (χ4v) is 2.71. The van der Waals surface area contributed by atoms with E-state index < -0.39 is 0 Å². The van der Waals surface area contributed by atoms with Gasteiger partial charge in [-0.3, -0.25) is 4.79 Å². The standard InChI is InChI=1S/C15H20N6O2/c1-2-23-13-8-12(18-10-19-13)20-11-4-3-7-21(9-11)14-15(22)17-6-5-16-14/h5-6,8,10-11H,2-4,7,9H2,1H3,(H,17,22)(H,18,19,20)/t11-/m1/s1. The van der Waals surface area contributed by atoms with Gasteiger partial charge in [0, 0.05) is 37.6 Å². The highest BCUT2D eigenvalue weighted by molar-refractivity contribution is 5.41. The lowest BCUT2D eigenvalue weighted by atomic mass is 10.1. The number of piperidine rings is 1. The molecule has 0 amide bonds. The van der Waals surface area contributed by atoms with Gasteiger partial charge in [0.1, 0.15) is 12.1 Å². The number of hydrogen-bond donors (Lipinski definition) is 2. The summed E-state index contributed by atoms with van der Waals surface area (Å²) in [5.74, 6) is 1.75. The molecule has 1 aliphatic rings. The van der Waals surface area contributed by atoms with Crippen molar-refractivity contribution < 1.29 is 4.74 Å². The lowest BCUT2D eigenvalue weighted by Crippen LogP contribution is -2.44. The van der Waals surface area contributed by atoms with E-state index in [9.17, 15) is 4.79 Å². The molecule has 0 aliphatic carbocycles. The number of aromatic nitrogens is 4. The molecule has 122 valence electrons.